The summed E-state index contributed by atoms with van der Waals surface area (Å²) in [5.74, 6) is 0.420. The van der Waals surface area contributed by atoms with Crippen molar-refractivity contribution in [2.75, 3.05) is 0 Å². The molecular weight excluding hydrogens is 255 g/mol. The number of aryl methyl sites for hydroxylation is 1. The minimum absolute atomic E-state index is 0.285. The van der Waals surface area contributed by atoms with Gasteiger partial charge in [0.15, 0.2) is 0 Å². The topological polar surface area (TPSA) is 38.0 Å². The van der Waals surface area contributed by atoms with Gasteiger partial charge in [0.25, 0.3) is 0 Å². The first-order valence-corrected chi connectivity index (χ1v) is 6.51. The smallest absolute Gasteiger partial charge is 0.129 e. The number of hydrogen-bond donors (Lipinski definition) is 1. The third-order valence-electron chi connectivity index (χ3n) is 3.47. The van der Waals surface area contributed by atoms with E-state index in [1.54, 1.807) is 18.2 Å². The maximum atomic E-state index is 13.7. The Bertz CT molecular complexity index is 751. The number of imidazole rings is 1. The molecule has 0 saturated carbocycles. The summed E-state index contributed by atoms with van der Waals surface area (Å²) in [5.41, 5.74) is 2.14. The molecule has 102 valence electrons. The molecule has 3 aromatic rings. The highest BCUT2D eigenvalue weighted by Crippen LogP contribution is 2.22. The maximum Gasteiger partial charge on any atom is 0.129 e. The van der Waals surface area contributed by atoms with Gasteiger partial charge in [-0.1, -0.05) is 30.3 Å². The lowest BCUT2D eigenvalue weighted by atomic mass is 10.1. The molecule has 3 rings (SSSR count). The first kappa shape index (κ1) is 12.8. The summed E-state index contributed by atoms with van der Waals surface area (Å²) in [7, 11) is 0. The van der Waals surface area contributed by atoms with Crippen LogP contribution in [0.2, 0.25) is 0 Å². The number of para-hydroxylation sites is 2. The quantitative estimate of drug-likeness (QED) is 0.793. The van der Waals surface area contributed by atoms with Crippen molar-refractivity contribution in [1.82, 2.24) is 9.55 Å². The van der Waals surface area contributed by atoms with Gasteiger partial charge in [-0.25, -0.2) is 9.37 Å². The first-order chi connectivity index (χ1) is 9.66. The van der Waals surface area contributed by atoms with Gasteiger partial charge >= 0.3 is 0 Å². The van der Waals surface area contributed by atoms with Crippen molar-refractivity contribution >= 4 is 11.0 Å². The lowest BCUT2D eigenvalue weighted by Gasteiger charge is -2.14. The number of aromatic nitrogens is 2. The number of nitrogens with zero attached hydrogens (tertiary/aromatic N) is 2. The van der Waals surface area contributed by atoms with E-state index in [9.17, 15) is 9.50 Å². The summed E-state index contributed by atoms with van der Waals surface area (Å²) in [6, 6.07) is 14.0. The largest absolute Gasteiger partial charge is 0.386 e. The minimum Gasteiger partial charge on any atom is -0.386 e. The van der Waals surface area contributed by atoms with E-state index in [2.05, 4.69) is 4.98 Å². The van der Waals surface area contributed by atoms with Crippen LogP contribution in [0.4, 0.5) is 4.39 Å². The molecule has 0 fully saturated rings. The van der Waals surface area contributed by atoms with Crippen molar-refractivity contribution in [2.45, 2.75) is 19.6 Å². The molecule has 4 heteroatoms. The highest BCUT2D eigenvalue weighted by molar-refractivity contribution is 5.75. The van der Waals surface area contributed by atoms with Crippen LogP contribution in [0.3, 0.4) is 0 Å². The molecule has 0 aliphatic rings. The minimum atomic E-state index is -0.896. The van der Waals surface area contributed by atoms with Crippen LogP contribution in [0.1, 0.15) is 17.5 Å². The van der Waals surface area contributed by atoms with E-state index in [-0.39, 0.29) is 12.4 Å². The van der Waals surface area contributed by atoms with Crippen molar-refractivity contribution in [3.63, 3.8) is 0 Å². The molecule has 3 nitrogen and oxygen atoms in total. The van der Waals surface area contributed by atoms with Crippen molar-refractivity contribution < 1.29 is 9.50 Å². The second-order valence-corrected chi connectivity index (χ2v) is 4.80. The molecule has 0 amide bonds. The number of fused-ring (bicyclic) bond motifs is 1. The molecule has 1 heterocycles. The highest BCUT2D eigenvalue weighted by atomic mass is 19.1. The van der Waals surface area contributed by atoms with Gasteiger partial charge in [-0.15, -0.1) is 0 Å². The number of hydrogen-bond acceptors (Lipinski definition) is 2. The Labute approximate surface area is 116 Å². The molecule has 0 unspecified atom stereocenters. The SMILES string of the molecule is Cc1nc2ccccc2n1C[C@H](O)c1ccccc1F. The van der Waals surface area contributed by atoms with Crippen LogP contribution in [0, 0.1) is 12.7 Å². The lowest BCUT2D eigenvalue weighted by Crippen LogP contribution is -2.11. The number of aliphatic hydroxyl groups is 1. The number of aliphatic hydroxyl groups excluding tert-OH is 1. The Kier molecular flexibility index (Phi) is 3.24. The fraction of sp³-hybridized carbons (Fsp3) is 0.188. The van der Waals surface area contributed by atoms with Gasteiger partial charge in [0.05, 0.1) is 23.7 Å². The number of rotatable bonds is 3. The molecule has 0 radical (unpaired) electrons. The fourth-order valence-corrected chi connectivity index (χ4v) is 2.44. The van der Waals surface area contributed by atoms with E-state index in [0.717, 1.165) is 16.9 Å². The van der Waals surface area contributed by atoms with Gasteiger partial charge in [0.2, 0.25) is 0 Å². The van der Waals surface area contributed by atoms with Crippen LogP contribution >= 0.6 is 0 Å². The molecule has 0 spiro atoms. The molecule has 1 aromatic heterocycles. The van der Waals surface area contributed by atoms with Gasteiger partial charge in [-0.05, 0) is 25.1 Å². The highest BCUT2D eigenvalue weighted by Gasteiger charge is 2.15. The normalized spacial score (nSPS) is 12.8. The molecule has 0 aliphatic carbocycles. The summed E-state index contributed by atoms with van der Waals surface area (Å²) >= 11 is 0. The Hall–Kier alpha value is -2.20. The van der Waals surface area contributed by atoms with E-state index in [1.165, 1.54) is 6.07 Å². The van der Waals surface area contributed by atoms with E-state index in [0.29, 0.717) is 5.56 Å². The third kappa shape index (κ3) is 2.18. The molecular formula is C16H15FN2O. The van der Waals surface area contributed by atoms with Gasteiger partial charge in [-0.3, -0.25) is 0 Å². The van der Waals surface area contributed by atoms with Crippen LogP contribution in [0.15, 0.2) is 48.5 Å². The van der Waals surface area contributed by atoms with Crippen molar-refractivity contribution in [3.05, 3.63) is 65.7 Å². The third-order valence-corrected chi connectivity index (χ3v) is 3.47. The van der Waals surface area contributed by atoms with Crippen molar-refractivity contribution in [3.8, 4) is 0 Å². The van der Waals surface area contributed by atoms with Crippen molar-refractivity contribution in [1.29, 1.82) is 0 Å². The van der Waals surface area contributed by atoms with Crippen LogP contribution < -0.4 is 0 Å². The van der Waals surface area contributed by atoms with Crippen LogP contribution in [-0.4, -0.2) is 14.7 Å². The van der Waals surface area contributed by atoms with Gasteiger partial charge in [0, 0.05) is 5.56 Å². The zero-order valence-corrected chi connectivity index (χ0v) is 11.1. The fourth-order valence-electron chi connectivity index (χ4n) is 2.44. The summed E-state index contributed by atoms with van der Waals surface area (Å²) in [5, 5.41) is 10.3. The Morgan fingerprint density at radius 1 is 1.15 bits per heavy atom. The van der Waals surface area contributed by atoms with Crippen LogP contribution in [0.25, 0.3) is 11.0 Å². The Balaban J connectivity index is 1.97. The molecule has 0 saturated heterocycles. The molecule has 1 N–H and O–H groups in total. The summed E-state index contributed by atoms with van der Waals surface area (Å²) in [4.78, 5) is 4.44. The molecule has 0 bridgehead atoms. The van der Waals surface area contributed by atoms with Crippen molar-refractivity contribution in [2.24, 2.45) is 0 Å². The predicted molar refractivity (Wildman–Crippen MR) is 75.8 cm³/mol. The average Bonchev–Trinajstić information content (AvgIpc) is 2.76. The molecule has 2 aromatic carbocycles. The zero-order valence-electron chi connectivity index (χ0n) is 11.1. The van der Waals surface area contributed by atoms with Crippen LogP contribution in [0.5, 0.6) is 0 Å². The first-order valence-electron chi connectivity index (χ1n) is 6.51. The Morgan fingerprint density at radius 2 is 1.85 bits per heavy atom. The average molecular weight is 270 g/mol. The second kappa shape index (κ2) is 5.06. The maximum absolute atomic E-state index is 13.7. The Morgan fingerprint density at radius 3 is 2.65 bits per heavy atom. The second-order valence-electron chi connectivity index (χ2n) is 4.80. The molecule has 1 atom stereocenters. The van der Waals surface area contributed by atoms with Crippen LogP contribution in [-0.2, 0) is 6.54 Å². The molecule has 0 aliphatic heterocycles. The lowest BCUT2D eigenvalue weighted by molar-refractivity contribution is 0.152. The summed E-state index contributed by atoms with van der Waals surface area (Å²) < 4.78 is 15.6. The van der Waals surface area contributed by atoms with E-state index >= 15 is 0 Å². The van der Waals surface area contributed by atoms with Gasteiger partial charge in [-0.2, -0.15) is 0 Å². The monoisotopic (exact) mass is 270 g/mol. The number of halogens is 1. The van der Waals surface area contributed by atoms with Gasteiger partial charge < -0.3 is 9.67 Å². The number of benzene rings is 2. The standard InChI is InChI=1S/C16H15FN2O/c1-11-18-14-8-4-5-9-15(14)19(11)10-16(20)12-6-2-3-7-13(12)17/h2-9,16,20H,10H2,1H3/t16-/m0/s1. The van der Waals surface area contributed by atoms with E-state index in [4.69, 9.17) is 0 Å². The summed E-state index contributed by atoms with van der Waals surface area (Å²) in [6.07, 6.45) is -0.896. The predicted octanol–water partition coefficient (Wildman–Crippen LogP) is 3.22. The van der Waals surface area contributed by atoms with E-state index in [1.807, 2.05) is 35.8 Å². The zero-order chi connectivity index (χ0) is 14.1. The summed E-state index contributed by atoms with van der Waals surface area (Å²) in [6.45, 7) is 2.17. The van der Waals surface area contributed by atoms with E-state index < -0.39 is 6.10 Å². The molecule has 20 heavy (non-hydrogen) atoms. The van der Waals surface area contributed by atoms with Gasteiger partial charge in [0.1, 0.15) is 11.6 Å².